The minimum absolute atomic E-state index is 0.243. The van der Waals surface area contributed by atoms with Gasteiger partial charge in [-0.3, -0.25) is 0 Å². The number of unbranched alkanes of at least 4 members (excludes halogenated alkanes) is 1. The number of rotatable bonds is 6. The third kappa shape index (κ3) is 4.43. The Kier molecular flexibility index (Phi) is 5.62. The zero-order chi connectivity index (χ0) is 16.8. The van der Waals surface area contributed by atoms with E-state index < -0.39 is 0 Å². The van der Waals surface area contributed by atoms with Gasteiger partial charge in [0.2, 0.25) is 5.95 Å². The highest BCUT2D eigenvalue weighted by atomic mass is 19.1. The van der Waals surface area contributed by atoms with Gasteiger partial charge < -0.3 is 10.2 Å². The molecule has 1 saturated heterocycles. The van der Waals surface area contributed by atoms with Gasteiger partial charge in [0.25, 0.3) is 0 Å². The SMILES string of the molecule is CCCCc1cc(N2CCCCC2)nc(Nc2ccc(F)cc2)n1. The van der Waals surface area contributed by atoms with Gasteiger partial charge in [0, 0.05) is 30.5 Å². The van der Waals surface area contributed by atoms with Gasteiger partial charge in [-0.1, -0.05) is 13.3 Å². The Morgan fingerprint density at radius 3 is 2.54 bits per heavy atom. The lowest BCUT2D eigenvalue weighted by atomic mass is 10.1. The first-order valence-corrected chi connectivity index (χ1v) is 8.90. The Balaban J connectivity index is 1.84. The normalized spacial score (nSPS) is 14.7. The molecule has 1 N–H and O–H groups in total. The number of anilines is 3. The van der Waals surface area contributed by atoms with Gasteiger partial charge in [0.15, 0.2) is 0 Å². The van der Waals surface area contributed by atoms with E-state index in [0.717, 1.165) is 49.6 Å². The maximum absolute atomic E-state index is 13.1. The van der Waals surface area contributed by atoms with Crippen LogP contribution in [0.25, 0.3) is 0 Å². The third-order valence-corrected chi connectivity index (χ3v) is 4.33. The molecule has 5 heteroatoms. The highest BCUT2D eigenvalue weighted by Gasteiger charge is 2.14. The molecular formula is C19H25FN4. The van der Waals surface area contributed by atoms with Crippen LogP contribution >= 0.6 is 0 Å². The quantitative estimate of drug-likeness (QED) is 0.835. The standard InChI is InChI=1S/C19H25FN4/c1-2-3-7-17-14-18(24-12-5-4-6-13-24)23-19(22-17)21-16-10-8-15(20)9-11-16/h8-11,14H,2-7,12-13H2,1H3,(H,21,22,23). The summed E-state index contributed by atoms with van der Waals surface area (Å²) >= 11 is 0. The van der Waals surface area contributed by atoms with E-state index >= 15 is 0 Å². The van der Waals surface area contributed by atoms with Crippen molar-refractivity contribution in [1.82, 2.24) is 9.97 Å². The van der Waals surface area contributed by atoms with Crippen LogP contribution in [-0.4, -0.2) is 23.1 Å². The van der Waals surface area contributed by atoms with Crippen LogP contribution in [0.15, 0.2) is 30.3 Å². The average Bonchev–Trinajstić information content (AvgIpc) is 2.62. The Hall–Kier alpha value is -2.17. The Labute approximate surface area is 143 Å². The number of aryl methyl sites for hydroxylation is 1. The summed E-state index contributed by atoms with van der Waals surface area (Å²) in [6.45, 7) is 4.30. The fraction of sp³-hybridized carbons (Fsp3) is 0.474. The minimum Gasteiger partial charge on any atom is -0.356 e. The van der Waals surface area contributed by atoms with Crippen LogP contribution in [-0.2, 0) is 6.42 Å². The van der Waals surface area contributed by atoms with Crippen molar-refractivity contribution in [3.05, 3.63) is 41.8 Å². The van der Waals surface area contributed by atoms with Crippen molar-refractivity contribution < 1.29 is 4.39 Å². The van der Waals surface area contributed by atoms with Crippen molar-refractivity contribution >= 4 is 17.5 Å². The molecule has 128 valence electrons. The molecule has 4 nitrogen and oxygen atoms in total. The average molecular weight is 328 g/mol. The largest absolute Gasteiger partial charge is 0.356 e. The lowest BCUT2D eigenvalue weighted by Crippen LogP contribution is -2.30. The van der Waals surface area contributed by atoms with Gasteiger partial charge in [-0.25, -0.2) is 9.37 Å². The predicted octanol–water partition coefficient (Wildman–Crippen LogP) is 4.69. The maximum atomic E-state index is 13.1. The molecule has 0 unspecified atom stereocenters. The van der Waals surface area contributed by atoms with Crippen molar-refractivity contribution in [2.75, 3.05) is 23.3 Å². The van der Waals surface area contributed by atoms with Gasteiger partial charge >= 0.3 is 0 Å². The van der Waals surface area contributed by atoms with Crippen molar-refractivity contribution in [3.63, 3.8) is 0 Å². The molecular weight excluding hydrogens is 303 g/mol. The molecule has 1 aliphatic heterocycles. The minimum atomic E-state index is -0.243. The summed E-state index contributed by atoms with van der Waals surface area (Å²) in [6.07, 6.45) is 6.95. The first-order valence-electron chi connectivity index (χ1n) is 8.90. The number of hydrogen-bond donors (Lipinski definition) is 1. The summed E-state index contributed by atoms with van der Waals surface area (Å²) < 4.78 is 13.1. The van der Waals surface area contributed by atoms with E-state index in [0.29, 0.717) is 5.95 Å². The molecule has 0 bridgehead atoms. The van der Waals surface area contributed by atoms with E-state index in [1.165, 1.54) is 31.4 Å². The summed E-state index contributed by atoms with van der Waals surface area (Å²) in [5.74, 6) is 1.35. The van der Waals surface area contributed by atoms with Crippen molar-refractivity contribution in [3.8, 4) is 0 Å². The summed E-state index contributed by atoms with van der Waals surface area (Å²) in [5.41, 5.74) is 1.87. The van der Waals surface area contributed by atoms with Crippen LogP contribution in [0.3, 0.4) is 0 Å². The van der Waals surface area contributed by atoms with Gasteiger partial charge in [-0.15, -0.1) is 0 Å². The summed E-state index contributed by atoms with van der Waals surface area (Å²) in [5, 5.41) is 3.21. The zero-order valence-electron chi connectivity index (χ0n) is 14.3. The number of nitrogens with one attached hydrogen (secondary N) is 1. The molecule has 0 saturated carbocycles. The summed E-state index contributed by atoms with van der Waals surface area (Å²) in [4.78, 5) is 11.7. The highest BCUT2D eigenvalue weighted by molar-refractivity contribution is 5.55. The summed E-state index contributed by atoms with van der Waals surface area (Å²) in [6, 6.07) is 8.41. The zero-order valence-corrected chi connectivity index (χ0v) is 14.3. The Bertz CT molecular complexity index is 651. The fourth-order valence-corrected chi connectivity index (χ4v) is 2.97. The maximum Gasteiger partial charge on any atom is 0.229 e. The van der Waals surface area contributed by atoms with Crippen LogP contribution in [0.4, 0.5) is 21.8 Å². The number of nitrogens with zero attached hydrogens (tertiary/aromatic N) is 3. The molecule has 0 spiro atoms. The van der Waals surface area contributed by atoms with Crippen LogP contribution < -0.4 is 10.2 Å². The molecule has 0 aliphatic carbocycles. The molecule has 1 aromatic heterocycles. The molecule has 1 aromatic carbocycles. The number of benzene rings is 1. The van der Waals surface area contributed by atoms with Crippen LogP contribution in [0.1, 0.15) is 44.7 Å². The lowest BCUT2D eigenvalue weighted by molar-refractivity contribution is 0.572. The van der Waals surface area contributed by atoms with E-state index in [2.05, 4.69) is 28.2 Å². The monoisotopic (exact) mass is 328 g/mol. The number of hydrogen-bond acceptors (Lipinski definition) is 4. The topological polar surface area (TPSA) is 41.1 Å². The molecule has 0 amide bonds. The van der Waals surface area contributed by atoms with E-state index in [9.17, 15) is 4.39 Å². The van der Waals surface area contributed by atoms with E-state index in [1.54, 1.807) is 12.1 Å². The Morgan fingerprint density at radius 2 is 1.83 bits per heavy atom. The fourth-order valence-electron chi connectivity index (χ4n) is 2.97. The first-order chi connectivity index (χ1) is 11.7. The second kappa shape index (κ2) is 8.08. The first kappa shape index (κ1) is 16.7. The van der Waals surface area contributed by atoms with Crippen molar-refractivity contribution in [1.29, 1.82) is 0 Å². The van der Waals surface area contributed by atoms with Crippen LogP contribution in [0.5, 0.6) is 0 Å². The molecule has 1 aliphatic rings. The number of piperidine rings is 1. The van der Waals surface area contributed by atoms with Crippen molar-refractivity contribution in [2.45, 2.75) is 45.4 Å². The van der Waals surface area contributed by atoms with Gasteiger partial charge in [-0.05, 0) is 56.4 Å². The molecule has 0 radical (unpaired) electrons. The van der Waals surface area contributed by atoms with Crippen LogP contribution in [0, 0.1) is 5.82 Å². The van der Waals surface area contributed by atoms with E-state index in [4.69, 9.17) is 4.98 Å². The second-order valence-electron chi connectivity index (χ2n) is 6.32. The predicted molar refractivity (Wildman–Crippen MR) is 96.4 cm³/mol. The molecule has 0 atom stereocenters. The van der Waals surface area contributed by atoms with Crippen molar-refractivity contribution in [2.24, 2.45) is 0 Å². The number of aromatic nitrogens is 2. The second-order valence-corrected chi connectivity index (χ2v) is 6.32. The van der Waals surface area contributed by atoms with Gasteiger partial charge in [-0.2, -0.15) is 4.98 Å². The van der Waals surface area contributed by atoms with E-state index in [1.807, 2.05) is 0 Å². The molecule has 3 rings (SSSR count). The number of halogens is 1. The third-order valence-electron chi connectivity index (χ3n) is 4.33. The van der Waals surface area contributed by atoms with E-state index in [-0.39, 0.29) is 5.82 Å². The highest BCUT2D eigenvalue weighted by Crippen LogP contribution is 2.22. The molecule has 24 heavy (non-hydrogen) atoms. The molecule has 1 fully saturated rings. The lowest BCUT2D eigenvalue weighted by Gasteiger charge is -2.28. The molecule has 2 heterocycles. The summed E-state index contributed by atoms with van der Waals surface area (Å²) in [7, 11) is 0. The van der Waals surface area contributed by atoms with Gasteiger partial charge in [0.1, 0.15) is 11.6 Å². The Morgan fingerprint density at radius 1 is 1.08 bits per heavy atom. The molecule has 2 aromatic rings. The van der Waals surface area contributed by atoms with Gasteiger partial charge in [0.05, 0.1) is 0 Å². The van der Waals surface area contributed by atoms with Crippen LogP contribution in [0.2, 0.25) is 0 Å². The smallest absolute Gasteiger partial charge is 0.229 e.